The van der Waals surface area contributed by atoms with Crippen molar-refractivity contribution in [2.24, 2.45) is 0 Å². The monoisotopic (exact) mass is 233 g/mol. The van der Waals surface area contributed by atoms with Gasteiger partial charge in [-0.15, -0.1) is 11.3 Å². The Labute approximate surface area is 99.8 Å². The summed E-state index contributed by atoms with van der Waals surface area (Å²) < 4.78 is 0. The van der Waals surface area contributed by atoms with Gasteiger partial charge in [0.05, 0.1) is 5.51 Å². The molecule has 0 amide bonds. The summed E-state index contributed by atoms with van der Waals surface area (Å²) in [5.74, 6) is 0. The van der Waals surface area contributed by atoms with E-state index in [9.17, 15) is 0 Å². The van der Waals surface area contributed by atoms with Crippen molar-refractivity contribution in [3.05, 3.63) is 46.7 Å². The van der Waals surface area contributed by atoms with Gasteiger partial charge in [-0.05, 0) is 25.6 Å². The van der Waals surface area contributed by atoms with E-state index in [1.54, 1.807) is 17.5 Å². The predicted molar refractivity (Wildman–Crippen MR) is 66.2 cm³/mol. The van der Waals surface area contributed by atoms with Crippen LogP contribution in [0.2, 0.25) is 0 Å². The molecule has 2 rings (SSSR count). The van der Waals surface area contributed by atoms with Crippen molar-refractivity contribution >= 4 is 11.3 Å². The van der Waals surface area contributed by atoms with Gasteiger partial charge in [0.25, 0.3) is 0 Å². The van der Waals surface area contributed by atoms with E-state index in [4.69, 9.17) is 0 Å². The zero-order valence-corrected chi connectivity index (χ0v) is 10.3. The van der Waals surface area contributed by atoms with Crippen LogP contribution in [0.5, 0.6) is 0 Å². The Balaban J connectivity index is 2.02. The molecule has 0 aliphatic heterocycles. The average Bonchev–Trinajstić information content (AvgIpc) is 2.82. The molecule has 0 fully saturated rings. The molecule has 0 saturated carbocycles. The van der Waals surface area contributed by atoms with Gasteiger partial charge in [-0.3, -0.25) is 14.9 Å². The van der Waals surface area contributed by atoms with Gasteiger partial charge in [-0.1, -0.05) is 6.07 Å². The summed E-state index contributed by atoms with van der Waals surface area (Å²) in [5, 5.41) is 0. The molecule has 0 unspecified atom stereocenters. The molecule has 84 valence electrons. The van der Waals surface area contributed by atoms with Crippen LogP contribution >= 0.6 is 11.3 Å². The van der Waals surface area contributed by atoms with Crippen molar-refractivity contribution in [1.29, 1.82) is 0 Å². The second-order valence-corrected chi connectivity index (χ2v) is 4.82. The maximum atomic E-state index is 4.15. The van der Waals surface area contributed by atoms with E-state index in [-0.39, 0.29) is 0 Å². The van der Waals surface area contributed by atoms with E-state index in [1.165, 1.54) is 10.4 Å². The molecular weight excluding hydrogens is 218 g/mol. The molecule has 2 heterocycles. The summed E-state index contributed by atoms with van der Waals surface area (Å²) in [7, 11) is 2.12. The number of hydrogen-bond acceptors (Lipinski definition) is 4. The number of rotatable bonds is 4. The molecule has 1 atom stereocenters. The zero-order chi connectivity index (χ0) is 11.4. The van der Waals surface area contributed by atoms with Crippen molar-refractivity contribution in [3.63, 3.8) is 0 Å². The summed E-state index contributed by atoms with van der Waals surface area (Å²) in [5.41, 5.74) is 3.12. The Hall–Kier alpha value is -1.26. The van der Waals surface area contributed by atoms with E-state index >= 15 is 0 Å². The molecule has 0 bridgehead atoms. The Morgan fingerprint density at radius 3 is 2.88 bits per heavy atom. The minimum absolute atomic E-state index is 0.371. The first-order chi connectivity index (χ1) is 7.77. The van der Waals surface area contributed by atoms with Crippen LogP contribution < -0.4 is 0 Å². The third-order valence-corrected chi connectivity index (χ3v) is 3.48. The fraction of sp³-hybridized carbons (Fsp3) is 0.333. The van der Waals surface area contributed by atoms with Gasteiger partial charge in [-0.25, -0.2) is 0 Å². The van der Waals surface area contributed by atoms with Crippen molar-refractivity contribution < 1.29 is 0 Å². The van der Waals surface area contributed by atoms with Crippen LogP contribution in [0.25, 0.3) is 0 Å². The topological polar surface area (TPSA) is 29.0 Å². The van der Waals surface area contributed by atoms with Crippen LogP contribution in [-0.4, -0.2) is 21.9 Å². The summed E-state index contributed by atoms with van der Waals surface area (Å²) in [6.45, 7) is 3.12. The first-order valence-corrected chi connectivity index (χ1v) is 6.13. The summed E-state index contributed by atoms with van der Waals surface area (Å²) >= 11 is 1.70. The summed E-state index contributed by atoms with van der Waals surface area (Å²) in [4.78, 5) is 11.8. The van der Waals surface area contributed by atoms with E-state index in [1.807, 2.05) is 24.0 Å². The van der Waals surface area contributed by atoms with Gasteiger partial charge >= 0.3 is 0 Å². The molecule has 0 aliphatic carbocycles. The van der Waals surface area contributed by atoms with Gasteiger partial charge in [-0.2, -0.15) is 0 Å². The van der Waals surface area contributed by atoms with Crippen molar-refractivity contribution in [2.75, 3.05) is 7.05 Å². The highest BCUT2D eigenvalue weighted by atomic mass is 32.1. The average molecular weight is 233 g/mol. The molecule has 0 aliphatic rings. The molecule has 16 heavy (non-hydrogen) atoms. The van der Waals surface area contributed by atoms with Crippen LogP contribution in [-0.2, 0) is 6.54 Å². The summed E-state index contributed by atoms with van der Waals surface area (Å²) in [6, 6.07) is 4.46. The van der Waals surface area contributed by atoms with E-state index < -0.39 is 0 Å². The van der Waals surface area contributed by atoms with Crippen molar-refractivity contribution in [3.8, 4) is 0 Å². The lowest BCUT2D eigenvalue weighted by atomic mass is 10.1. The molecule has 0 saturated heterocycles. The molecular formula is C12H15N3S. The first-order valence-electron chi connectivity index (χ1n) is 5.25. The lowest BCUT2D eigenvalue weighted by Crippen LogP contribution is -2.21. The maximum absolute atomic E-state index is 4.15. The minimum atomic E-state index is 0.371. The Morgan fingerprint density at radius 2 is 2.25 bits per heavy atom. The van der Waals surface area contributed by atoms with Crippen molar-refractivity contribution in [1.82, 2.24) is 14.9 Å². The van der Waals surface area contributed by atoms with E-state index in [0.717, 1.165) is 6.54 Å². The second kappa shape index (κ2) is 5.18. The standard InChI is InChI=1S/C12H15N3S/c1-10(11-4-3-5-13-6-11)15(2)8-12-7-14-9-16-12/h3-7,9-10H,8H2,1-2H3/t10-/m1/s1. The first kappa shape index (κ1) is 11.2. The lowest BCUT2D eigenvalue weighted by molar-refractivity contribution is 0.255. The van der Waals surface area contributed by atoms with Crippen LogP contribution in [0.1, 0.15) is 23.4 Å². The molecule has 2 aromatic rings. The highest BCUT2D eigenvalue weighted by molar-refractivity contribution is 7.09. The number of aromatic nitrogens is 2. The smallest absolute Gasteiger partial charge is 0.0794 e. The third kappa shape index (κ3) is 2.65. The van der Waals surface area contributed by atoms with Crippen LogP contribution in [0.15, 0.2) is 36.2 Å². The number of hydrogen-bond donors (Lipinski definition) is 0. The quantitative estimate of drug-likeness (QED) is 0.813. The number of thiazole rings is 1. The van der Waals surface area contributed by atoms with Gasteiger partial charge in [0.15, 0.2) is 0 Å². The second-order valence-electron chi connectivity index (χ2n) is 3.85. The Kier molecular flexibility index (Phi) is 3.64. The SMILES string of the molecule is C[C@H](c1cccnc1)N(C)Cc1cncs1. The van der Waals surface area contributed by atoms with Gasteiger partial charge in [0.1, 0.15) is 0 Å². The van der Waals surface area contributed by atoms with Crippen molar-refractivity contribution in [2.45, 2.75) is 19.5 Å². The highest BCUT2D eigenvalue weighted by Gasteiger charge is 2.12. The third-order valence-electron chi connectivity index (χ3n) is 2.72. The minimum Gasteiger partial charge on any atom is -0.294 e. The molecule has 0 radical (unpaired) electrons. The number of nitrogens with zero attached hydrogens (tertiary/aromatic N) is 3. The molecule has 2 aromatic heterocycles. The highest BCUT2D eigenvalue weighted by Crippen LogP contribution is 2.20. The lowest BCUT2D eigenvalue weighted by Gasteiger charge is -2.23. The Bertz CT molecular complexity index is 413. The van der Waals surface area contributed by atoms with Gasteiger partial charge in [0, 0.05) is 36.1 Å². The number of pyridine rings is 1. The predicted octanol–water partition coefficient (Wildman–Crippen LogP) is 2.73. The summed E-state index contributed by atoms with van der Waals surface area (Å²) in [6.07, 6.45) is 5.66. The van der Waals surface area contributed by atoms with Gasteiger partial charge in [0.2, 0.25) is 0 Å². The fourth-order valence-corrected chi connectivity index (χ4v) is 2.24. The normalized spacial score (nSPS) is 12.9. The largest absolute Gasteiger partial charge is 0.294 e. The zero-order valence-electron chi connectivity index (χ0n) is 9.50. The molecule has 0 spiro atoms. The van der Waals surface area contributed by atoms with Crippen LogP contribution in [0.4, 0.5) is 0 Å². The molecule has 0 N–H and O–H groups in total. The Morgan fingerprint density at radius 1 is 1.38 bits per heavy atom. The fourth-order valence-electron chi connectivity index (χ4n) is 1.58. The van der Waals surface area contributed by atoms with E-state index in [2.05, 4.69) is 34.9 Å². The molecule has 0 aromatic carbocycles. The molecule has 3 nitrogen and oxygen atoms in total. The van der Waals surface area contributed by atoms with E-state index in [0.29, 0.717) is 6.04 Å². The molecule has 4 heteroatoms. The maximum Gasteiger partial charge on any atom is 0.0794 e. The van der Waals surface area contributed by atoms with Gasteiger partial charge < -0.3 is 0 Å². The van der Waals surface area contributed by atoms with Crippen LogP contribution in [0.3, 0.4) is 0 Å². The van der Waals surface area contributed by atoms with Crippen LogP contribution in [0, 0.1) is 0 Å².